The number of aryl methyl sites for hydroxylation is 1. The van der Waals surface area contributed by atoms with Crippen LogP contribution in [0.5, 0.6) is 0 Å². The van der Waals surface area contributed by atoms with Crippen LogP contribution in [0.3, 0.4) is 0 Å². The van der Waals surface area contributed by atoms with Crippen molar-refractivity contribution in [2.45, 2.75) is 24.6 Å². The molecular weight excluding hydrogens is 355 g/mol. The molecule has 26 heavy (non-hydrogen) atoms. The van der Waals surface area contributed by atoms with E-state index in [1.54, 1.807) is 6.07 Å². The van der Waals surface area contributed by atoms with Gasteiger partial charge in [-0.05, 0) is 37.1 Å². The van der Waals surface area contributed by atoms with Gasteiger partial charge in [0.25, 0.3) is 0 Å². The van der Waals surface area contributed by atoms with E-state index in [1.165, 1.54) is 22.8 Å². The van der Waals surface area contributed by atoms with E-state index in [0.717, 1.165) is 11.1 Å². The van der Waals surface area contributed by atoms with Crippen LogP contribution in [0.1, 0.15) is 11.1 Å². The second kappa shape index (κ2) is 7.76. The van der Waals surface area contributed by atoms with Gasteiger partial charge in [0.05, 0.1) is 28.3 Å². The Morgan fingerprint density at radius 1 is 1.23 bits per heavy atom. The van der Waals surface area contributed by atoms with Gasteiger partial charge in [-0.2, -0.15) is 0 Å². The highest BCUT2D eigenvalue weighted by Crippen LogP contribution is 2.19. The van der Waals surface area contributed by atoms with E-state index in [0.29, 0.717) is 12.1 Å². The molecule has 0 radical (unpaired) electrons. The van der Waals surface area contributed by atoms with Gasteiger partial charge in [-0.1, -0.05) is 35.9 Å². The van der Waals surface area contributed by atoms with Gasteiger partial charge < -0.3 is 10.8 Å². The zero-order valence-corrected chi connectivity index (χ0v) is 15.0. The number of hydrogen-bond donors (Lipinski definition) is 2. The maximum absolute atomic E-state index is 13.5. The van der Waals surface area contributed by atoms with E-state index in [-0.39, 0.29) is 16.9 Å². The molecule has 0 aliphatic carbocycles. The predicted molar refractivity (Wildman–Crippen MR) is 97.9 cm³/mol. The summed E-state index contributed by atoms with van der Waals surface area (Å²) in [6.45, 7) is 1.97. The number of rotatable bonds is 6. The van der Waals surface area contributed by atoms with E-state index in [2.05, 4.69) is 10.2 Å². The highest BCUT2D eigenvalue weighted by molar-refractivity contribution is 7.84. The minimum atomic E-state index is -1.65. The normalized spacial score (nSPS) is 13.5. The highest BCUT2D eigenvalue weighted by Gasteiger charge is 2.21. The molecule has 2 atom stereocenters. The second-order valence-corrected chi connectivity index (χ2v) is 7.40. The molecule has 0 fully saturated rings. The molecule has 3 rings (SSSR count). The van der Waals surface area contributed by atoms with Crippen molar-refractivity contribution in [3.05, 3.63) is 65.5 Å². The van der Waals surface area contributed by atoms with Gasteiger partial charge >= 0.3 is 0 Å². The summed E-state index contributed by atoms with van der Waals surface area (Å²) in [5.74, 6) is -0.472. The van der Waals surface area contributed by atoms with Crippen LogP contribution in [-0.4, -0.2) is 35.9 Å². The lowest BCUT2D eigenvalue weighted by Gasteiger charge is -2.12. The van der Waals surface area contributed by atoms with Crippen LogP contribution in [0, 0.1) is 12.7 Å². The number of aliphatic hydroxyl groups is 1. The second-order valence-electron chi connectivity index (χ2n) is 6.02. The van der Waals surface area contributed by atoms with Crippen molar-refractivity contribution in [3.63, 3.8) is 0 Å². The zero-order valence-electron chi connectivity index (χ0n) is 14.2. The summed E-state index contributed by atoms with van der Waals surface area (Å²) in [7, 11) is -1.65. The molecule has 1 aromatic heterocycles. The van der Waals surface area contributed by atoms with E-state index < -0.39 is 22.7 Å². The summed E-state index contributed by atoms with van der Waals surface area (Å²) >= 11 is 0. The lowest BCUT2D eigenvalue weighted by molar-refractivity contribution is 0.199. The van der Waals surface area contributed by atoms with Gasteiger partial charge in [0, 0.05) is 0 Å². The molecular formula is C18H19FN4O2S. The molecule has 8 heteroatoms. The van der Waals surface area contributed by atoms with Crippen molar-refractivity contribution < 1.29 is 13.7 Å². The van der Waals surface area contributed by atoms with Crippen LogP contribution in [0.4, 0.5) is 10.3 Å². The summed E-state index contributed by atoms with van der Waals surface area (Å²) < 4.78 is 27.5. The average molecular weight is 374 g/mol. The highest BCUT2D eigenvalue weighted by atomic mass is 32.2. The van der Waals surface area contributed by atoms with Crippen LogP contribution in [-0.2, 0) is 17.2 Å². The first kappa shape index (κ1) is 18.2. The first-order chi connectivity index (χ1) is 12.4. The van der Waals surface area contributed by atoms with Crippen molar-refractivity contribution >= 4 is 16.7 Å². The molecule has 3 N–H and O–H groups in total. The lowest BCUT2D eigenvalue weighted by Crippen LogP contribution is -2.21. The molecule has 3 aromatic rings. The summed E-state index contributed by atoms with van der Waals surface area (Å²) in [5.41, 5.74) is 8.23. The number of nitrogens with two attached hydrogens (primary N) is 1. The Kier molecular flexibility index (Phi) is 5.43. The average Bonchev–Trinajstić information content (AvgIpc) is 2.96. The monoisotopic (exact) mass is 374 g/mol. The van der Waals surface area contributed by atoms with E-state index >= 15 is 0 Å². The maximum atomic E-state index is 13.5. The SMILES string of the molecule is Cc1cccc(C[C@H](O)CS(=O)c2nnc(N)n2-c2cccc(F)c2)c1. The summed E-state index contributed by atoms with van der Waals surface area (Å²) in [4.78, 5) is 0. The molecule has 0 aliphatic heterocycles. The molecule has 2 aromatic carbocycles. The van der Waals surface area contributed by atoms with Crippen molar-refractivity contribution in [2.24, 2.45) is 0 Å². The smallest absolute Gasteiger partial charge is 0.227 e. The Morgan fingerprint density at radius 3 is 2.73 bits per heavy atom. The first-order valence-corrected chi connectivity index (χ1v) is 9.35. The zero-order chi connectivity index (χ0) is 18.7. The van der Waals surface area contributed by atoms with Gasteiger partial charge in [0.2, 0.25) is 11.1 Å². The Labute approximate surface area is 153 Å². The van der Waals surface area contributed by atoms with Gasteiger partial charge in [0.1, 0.15) is 5.82 Å². The summed E-state index contributed by atoms with van der Waals surface area (Å²) in [6.07, 6.45) is -0.451. The molecule has 6 nitrogen and oxygen atoms in total. The third-order valence-corrected chi connectivity index (χ3v) is 5.19. The van der Waals surface area contributed by atoms with Crippen LogP contribution in [0.2, 0.25) is 0 Å². The van der Waals surface area contributed by atoms with Crippen molar-refractivity contribution in [2.75, 3.05) is 11.5 Å². The minimum Gasteiger partial charge on any atom is -0.392 e. The van der Waals surface area contributed by atoms with E-state index in [4.69, 9.17) is 5.73 Å². The molecule has 0 spiro atoms. The van der Waals surface area contributed by atoms with Crippen molar-refractivity contribution in [1.82, 2.24) is 14.8 Å². The first-order valence-electron chi connectivity index (χ1n) is 8.03. The van der Waals surface area contributed by atoms with E-state index in [1.807, 2.05) is 31.2 Å². The maximum Gasteiger partial charge on any atom is 0.227 e. The Balaban J connectivity index is 1.78. The van der Waals surface area contributed by atoms with E-state index in [9.17, 15) is 13.7 Å². The Morgan fingerprint density at radius 2 is 2.00 bits per heavy atom. The summed E-state index contributed by atoms with van der Waals surface area (Å²) in [5, 5.41) is 18.0. The molecule has 1 heterocycles. The number of hydrogen-bond acceptors (Lipinski definition) is 5. The minimum absolute atomic E-state index is 0.00660. The molecule has 1 unspecified atom stereocenters. The number of nitrogen functional groups attached to an aromatic ring is 1. The number of aliphatic hydroxyl groups excluding tert-OH is 1. The molecule has 136 valence electrons. The third-order valence-electron chi connectivity index (χ3n) is 3.83. The fraction of sp³-hybridized carbons (Fsp3) is 0.222. The standard InChI is InChI=1S/C18H19FN4O2S/c1-12-4-2-5-13(8-12)9-16(24)11-26(25)18-22-21-17(20)23(18)15-7-3-6-14(19)10-15/h2-8,10,16,24H,9,11H2,1H3,(H2,20,21)/t16-,26?/m0/s1. The third kappa shape index (κ3) is 4.14. The molecule has 0 bridgehead atoms. The number of aromatic nitrogens is 3. The van der Waals surface area contributed by atoms with Gasteiger partial charge in [-0.3, -0.25) is 8.78 Å². The topological polar surface area (TPSA) is 94.0 Å². The van der Waals surface area contributed by atoms with Crippen LogP contribution < -0.4 is 5.73 Å². The number of halogens is 1. The van der Waals surface area contributed by atoms with Gasteiger partial charge in [0.15, 0.2) is 0 Å². The van der Waals surface area contributed by atoms with Crippen molar-refractivity contribution in [3.8, 4) is 5.69 Å². The Hall–Kier alpha value is -2.58. The van der Waals surface area contributed by atoms with Crippen LogP contribution in [0.15, 0.2) is 53.7 Å². The summed E-state index contributed by atoms with van der Waals surface area (Å²) in [6, 6.07) is 13.5. The number of anilines is 1. The lowest BCUT2D eigenvalue weighted by atomic mass is 10.1. The Bertz CT molecular complexity index is 944. The van der Waals surface area contributed by atoms with Crippen molar-refractivity contribution in [1.29, 1.82) is 0 Å². The number of benzene rings is 2. The molecule has 0 saturated heterocycles. The number of nitrogens with zero attached hydrogens (tertiary/aromatic N) is 3. The molecule has 0 saturated carbocycles. The fourth-order valence-electron chi connectivity index (χ4n) is 2.71. The fourth-order valence-corrected chi connectivity index (χ4v) is 3.86. The molecule has 0 amide bonds. The predicted octanol–water partition coefficient (Wildman–Crippen LogP) is 2.01. The van der Waals surface area contributed by atoms with Gasteiger partial charge in [-0.25, -0.2) is 4.39 Å². The largest absolute Gasteiger partial charge is 0.392 e. The van der Waals surface area contributed by atoms with Crippen LogP contribution >= 0.6 is 0 Å². The quantitative estimate of drug-likeness (QED) is 0.688. The van der Waals surface area contributed by atoms with Crippen LogP contribution in [0.25, 0.3) is 5.69 Å². The molecule has 0 aliphatic rings. The van der Waals surface area contributed by atoms with Gasteiger partial charge in [-0.15, -0.1) is 10.2 Å².